The van der Waals surface area contributed by atoms with Gasteiger partial charge in [0.25, 0.3) is 0 Å². The van der Waals surface area contributed by atoms with Gasteiger partial charge in [-0.1, -0.05) is 53.2 Å². The number of aryl methyl sites for hydroxylation is 1. The van der Waals surface area contributed by atoms with Crippen molar-refractivity contribution in [3.05, 3.63) is 63.6 Å². The van der Waals surface area contributed by atoms with Gasteiger partial charge in [-0.3, -0.25) is 0 Å². The van der Waals surface area contributed by atoms with Crippen LogP contribution in [0.1, 0.15) is 29.7 Å². The molecule has 0 aliphatic heterocycles. The predicted octanol–water partition coefficient (Wildman–Crippen LogP) is 4.47. The fraction of sp³-hybridized carbons (Fsp3) is 0.294. The molecule has 2 nitrogen and oxygen atoms in total. The van der Waals surface area contributed by atoms with E-state index < -0.39 is 0 Å². The lowest BCUT2D eigenvalue weighted by atomic mass is 9.94. The second-order valence-corrected chi connectivity index (χ2v) is 5.65. The van der Waals surface area contributed by atoms with Crippen LogP contribution in [0.3, 0.4) is 0 Å². The molecule has 0 heterocycles. The van der Waals surface area contributed by atoms with E-state index in [4.69, 9.17) is 4.74 Å². The molecule has 0 radical (unpaired) electrons. The second kappa shape index (κ2) is 6.91. The molecule has 0 aromatic heterocycles. The molecular formula is C17H20BrNO. The zero-order valence-electron chi connectivity index (χ0n) is 12.1. The molecule has 3 heteroatoms. The van der Waals surface area contributed by atoms with Crippen LogP contribution in [0.5, 0.6) is 5.75 Å². The summed E-state index contributed by atoms with van der Waals surface area (Å²) in [6.07, 6.45) is 0. The Morgan fingerprint density at radius 1 is 1.15 bits per heavy atom. The van der Waals surface area contributed by atoms with E-state index in [1.54, 1.807) is 7.11 Å². The van der Waals surface area contributed by atoms with Gasteiger partial charge in [0.2, 0.25) is 0 Å². The summed E-state index contributed by atoms with van der Waals surface area (Å²) >= 11 is 3.50. The molecule has 2 aromatic rings. The number of nitrogens with one attached hydrogen (secondary N) is 1. The van der Waals surface area contributed by atoms with Gasteiger partial charge < -0.3 is 10.1 Å². The van der Waals surface area contributed by atoms with Crippen molar-refractivity contribution in [2.45, 2.75) is 19.9 Å². The maximum Gasteiger partial charge on any atom is 0.125 e. The smallest absolute Gasteiger partial charge is 0.125 e. The summed E-state index contributed by atoms with van der Waals surface area (Å²) in [6.45, 7) is 5.17. The van der Waals surface area contributed by atoms with Gasteiger partial charge in [0.15, 0.2) is 0 Å². The zero-order valence-corrected chi connectivity index (χ0v) is 13.7. The average Bonchev–Trinajstić information content (AvgIpc) is 2.46. The highest BCUT2D eigenvalue weighted by atomic mass is 79.9. The Labute approximate surface area is 129 Å². The molecule has 0 saturated heterocycles. The minimum atomic E-state index is 0.143. The van der Waals surface area contributed by atoms with Gasteiger partial charge in [-0.05, 0) is 36.7 Å². The molecule has 0 aliphatic rings. The molecule has 1 unspecified atom stereocenters. The quantitative estimate of drug-likeness (QED) is 0.871. The van der Waals surface area contributed by atoms with Crippen molar-refractivity contribution in [3.63, 3.8) is 0 Å². The van der Waals surface area contributed by atoms with Crippen LogP contribution in [0.15, 0.2) is 46.9 Å². The van der Waals surface area contributed by atoms with Crippen LogP contribution in [0.25, 0.3) is 0 Å². The molecule has 0 spiro atoms. The molecule has 1 N–H and O–H groups in total. The van der Waals surface area contributed by atoms with Gasteiger partial charge in [-0.2, -0.15) is 0 Å². The van der Waals surface area contributed by atoms with Crippen molar-refractivity contribution in [2.75, 3.05) is 13.7 Å². The van der Waals surface area contributed by atoms with Gasteiger partial charge in [0.05, 0.1) is 13.2 Å². The van der Waals surface area contributed by atoms with Gasteiger partial charge in [0.1, 0.15) is 5.75 Å². The standard InChI is InChI=1S/C17H20BrNO/c1-4-19-17(14-8-6-5-7-12(14)2)15-10-9-13(18)11-16(15)20-3/h5-11,17,19H,4H2,1-3H3. The lowest BCUT2D eigenvalue weighted by molar-refractivity contribution is 0.404. The van der Waals surface area contributed by atoms with Crippen molar-refractivity contribution in [1.29, 1.82) is 0 Å². The number of methoxy groups -OCH3 is 1. The Morgan fingerprint density at radius 2 is 1.90 bits per heavy atom. The Hall–Kier alpha value is -1.32. The second-order valence-electron chi connectivity index (χ2n) is 4.73. The molecule has 106 valence electrons. The van der Waals surface area contributed by atoms with Crippen molar-refractivity contribution in [1.82, 2.24) is 5.32 Å². The van der Waals surface area contributed by atoms with E-state index in [2.05, 4.69) is 71.5 Å². The van der Waals surface area contributed by atoms with Crippen molar-refractivity contribution in [3.8, 4) is 5.75 Å². The van der Waals surface area contributed by atoms with Crippen molar-refractivity contribution >= 4 is 15.9 Å². The van der Waals surface area contributed by atoms with E-state index >= 15 is 0 Å². The SMILES string of the molecule is CCNC(c1ccccc1C)c1ccc(Br)cc1OC. The third-order valence-corrected chi connectivity index (χ3v) is 3.91. The highest BCUT2D eigenvalue weighted by Crippen LogP contribution is 2.33. The minimum absolute atomic E-state index is 0.143. The third-order valence-electron chi connectivity index (χ3n) is 3.41. The first kappa shape index (κ1) is 15.1. The number of rotatable bonds is 5. The third kappa shape index (κ3) is 3.22. The Bertz CT molecular complexity index is 583. The lowest BCUT2D eigenvalue weighted by Gasteiger charge is -2.23. The van der Waals surface area contributed by atoms with Gasteiger partial charge in [-0.15, -0.1) is 0 Å². The average molecular weight is 334 g/mol. The first-order valence-electron chi connectivity index (χ1n) is 6.79. The normalized spacial score (nSPS) is 12.2. The molecule has 0 fully saturated rings. The van der Waals surface area contributed by atoms with E-state index in [1.807, 2.05) is 6.07 Å². The molecular weight excluding hydrogens is 314 g/mol. The fourth-order valence-electron chi connectivity index (χ4n) is 2.43. The summed E-state index contributed by atoms with van der Waals surface area (Å²) in [6, 6.07) is 14.8. The first-order chi connectivity index (χ1) is 9.67. The molecule has 0 saturated carbocycles. The summed E-state index contributed by atoms with van der Waals surface area (Å²) in [5.74, 6) is 0.897. The van der Waals surface area contributed by atoms with Gasteiger partial charge >= 0.3 is 0 Å². The van der Waals surface area contributed by atoms with E-state index in [0.29, 0.717) is 0 Å². The topological polar surface area (TPSA) is 21.3 Å². The summed E-state index contributed by atoms with van der Waals surface area (Å²) in [4.78, 5) is 0. The molecule has 0 bridgehead atoms. The number of benzene rings is 2. The highest BCUT2D eigenvalue weighted by Gasteiger charge is 2.18. The monoisotopic (exact) mass is 333 g/mol. The molecule has 0 amide bonds. The molecule has 1 atom stereocenters. The summed E-state index contributed by atoms with van der Waals surface area (Å²) in [5, 5.41) is 3.55. The van der Waals surface area contributed by atoms with Gasteiger partial charge in [0, 0.05) is 10.0 Å². The number of ether oxygens (including phenoxy) is 1. The lowest BCUT2D eigenvalue weighted by Crippen LogP contribution is -2.23. The molecule has 20 heavy (non-hydrogen) atoms. The van der Waals surface area contributed by atoms with Crippen LogP contribution in [0.2, 0.25) is 0 Å². The van der Waals surface area contributed by atoms with Crippen LogP contribution in [0, 0.1) is 6.92 Å². The highest BCUT2D eigenvalue weighted by molar-refractivity contribution is 9.10. The van der Waals surface area contributed by atoms with Crippen LogP contribution in [0.4, 0.5) is 0 Å². The maximum absolute atomic E-state index is 5.54. The summed E-state index contributed by atoms with van der Waals surface area (Å²) in [5.41, 5.74) is 3.73. The Morgan fingerprint density at radius 3 is 2.55 bits per heavy atom. The van der Waals surface area contributed by atoms with Gasteiger partial charge in [-0.25, -0.2) is 0 Å². The van der Waals surface area contributed by atoms with Crippen LogP contribution in [-0.2, 0) is 0 Å². The number of halogens is 1. The van der Waals surface area contributed by atoms with Crippen LogP contribution >= 0.6 is 15.9 Å². The minimum Gasteiger partial charge on any atom is -0.496 e. The van der Waals surface area contributed by atoms with Crippen molar-refractivity contribution in [2.24, 2.45) is 0 Å². The Balaban J connectivity index is 2.51. The van der Waals surface area contributed by atoms with E-state index in [0.717, 1.165) is 22.3 Å². The predicted molar refractivity (Wildman–Crippen MR) is 87.4 cm³/mol. The zero-order chi connectivity index (χ0) is 14.5. The maximum atomic E-state index is 5.54. The molecule has 0 aliphatic carbocycles. The first-order valence-corrected chi connectivity index (χ1v) is 7.59. The van der Waals surface area contributed by atoms with Crippen LogP contribution in [-0.4, -0.2) is 13.7 Å². The summed E-state index contributed by atoms with van der Waals surface area (Å²) < 4.78 is 6.57. The summed E-state index contributed by atoms with van der Waals surface area (Å²) in [7, 11) is 1.71. The Kier molecular flexibility index (Phi) is 5.21. The van der Waals surface area contributed by atoms with E-state index in [9.17, 15) is 0 Å². The molecule has 2 rings (SSSR count). The number of hydrogen-bond acceptors (Lipinski definition) is 2. The fourth-order valence-corrected chi connectivity index (χ4v) is 2.77. The van der Waals surface area contributed by atoms with E-state index in [1.165, 1.54) is 11.1 Å². The number of hydrogen-bond donors (Lipinski definition) is 1. The van der Waals surface area contributed by atoms with Crippen molar-refractivity contribution < 1.29 is 4.74 Å². The molecule has 2 aromatic carbocycles. The van der Waals surface area contributed by atoms with Crippen LogP contribution < -0.4 is 10.1 Å². The van der Waals surface area contributed by atoms with E-state index in [-0.39, 0.29) is 6.04 Å². The largest absolute Gasteiger partial charge is 0.496 e.